The van der Waals surface area contributed by atoms with Crippen molar-refractivity contribution in [3.05, 3.63) is 86.6 Å². The smallest absolute Gasteiger partial charge is 0.227 e. The molecule has 0 aliphatic carbocycles. The zero-order chi connectivity index (χ0) is 23.2. The van der Waals surface area contributed by atoms with Crippen LogP contribution < -0.4 is 4.74 Å². The predicted octanol–water partition coefficient (Wildman–Crippen LogP) is 5.95. The van der Waals surface area contributed by atoms with Crippen molar-refractivity contribution in [2.75, 3.05) is 20.2 Å². The molecule has 3 aromatic rings. The lowest BCUT2D eigenvalue weighted by Gasteiger charge is -2.38. The molecule has 4 nitrogen and oxygen atoms in total. The van der Waals surface area contributed by atoms with Crippen LogP contribution in [0.15, 0.2) is 60.7 Å². The van der Waals surface area contributed by atoms with Crippen LogP contribution in [0, 0.1) is 6.92 Å². The molecule has 1 fully saturated rings. The highest BCUT2D eigenvalue weighted by Gasteiger charge is 2.28. The Morgan fingerprint density at radius 1 is 1.03 bits per heavy atom. The van der Waals surface area contributed by atoms with Crippen molar-refractivity contribution in [3.8, 4) is 5.75 Å². The van der Waals surface area contributed by atoms with Gasteiger partial charge in [-0.25, -0.2) is 0 Å². The van der Waals surface area contributed by atoms with Crippen LogP contribution in [0.4, 0.5) is 0 Å². The van der Waals surface area contributed by atoms with Crippen molar-refractivity contribution >= 4 is 28.8 Å². The SMILES string of the molecule is COc1ccc(CC(=O)N(Cc2ccc(C)cc2)C2CCN(Cc3ccc(Cl)s3)CC2)cc1. The number of benzene rings is 2. The average Bonchev–Trinajstić information content (AvgIpc) is 3.24. The fourth-order valence-electron chi connectivity index (χ4n) is 4.38. The molecule has 33 heavy (non-hydrogen) atoms. The highest BCUT2D eigenvalue weighted by molar-refractivity contribution is 7.16. The maximum Gasteiger partial charge on any atom is 0.227 e. The first kappa shape index (κ1) is 23.8. The Morgan fingerprint density at radius 2 is 1.70 bits per heavy atom. The molecule has 1 saturated heterocycles. The van der Waals surface area contributed by atoms with Crippen LogP contribution in [0.1, 0.15) is 34.4 Å². The lowest BCUT2D eigenvalue weighted by Crippen LogP contribution is -2.47. The van der Waals surface area contributed by atoms with Gasteiger partial charge in [0.1, 0.15) is 5.75 Å². The van der Waals surface area contributed by atoms with E-state index in [1.54, 1.807) is 18.4 Å². The summed E-state index contributed by atoms with van der Waals surface area (Å²) in [6.07, 6.45) is 2.38. The number of ether oxygens (including phenoxy) is 1. The maximum absolute atomic E-state index is 13.5. The zero-order valence-electron chi connectivity index (χ0n) is 19.3. The minimum absolute atomic E-state index is 0.184. The summed E-state index contributed by atoms with van der Waals surface area (Å²) >= 11 is 7.75. The van der Waals surface area contributed by atoms with E-state index in [4.69, 9.17) is 16.3 Å². The van der Waals surface area contributed by atoms with E-state index in [1.165, 1.54) is 16.0 Å². The van der Waals surface area contributed by atoms with E-state index in [2.05, 4.69) is 47.1 Å². The summed E-state index contributed by atoms with van der Waals surface area (Å²) in [5.41, 5.74) is 3.43. The van der Waals surface area contributed by atoms with Gasteiger partial charge in [-0.05, 0) is 55.2 Å². The van der Waals surface area contributed by atoms with Gasteiger partial charge in [-0.15, -0.1) is 11.3 Å². The standard InChI is InChI=1S/C27H31ClN2O2S/c1-20-3-5-22(6-4-20)18-30(27(31)17-21-7-9-24(32-2)10-8-21)23-13-15-29(16-14-23)19-25-11-12-26(28)33-25/h3-12,23H,13-19H2,1-2H3. The normalized spacial score (nSPS) is 14.9. The minimum atomic E-state index is 0.184. The van der Waals surface area contributed by atoms with Crippen LogP contribution in [0.3, 0.4) is 0 Å². The van der Waals surface area contributed by atoms with Gasteiger partial charge in [0.2, 0.25) is 5.91 Å². The molecule has 1 aromatic heterocycles. The van der Waals surface area contributed by atoms with E-state index < -0.39 is 0 Å². The number of hydrogen-bond acceptors (Lipinski definition) is 4. The molecule has 0 bridgehead atoms. The van der Waals surface area contributed by atoms with Gasteiger partial charge in [-0.1, -0.05) is 53.6 Å². The third-order valence-electron chi connectivity index (χ3n) is 6.31. The molecule has 2 heterocycles. The number of rotatable bonds is 8. The summed E-state index contributed by atoms with van der Waals surface area (Å²) in [4.78, 5) is 19.4. The second kappa shape index (κ2) is 11.2. The average molecular weight is 483 g/mol. The molecular formula is C27H31ClN2O2S. The number of nitrogens with zero attached hydrogens (tertiary/aromatic N) is 2. The summed E-state index contributed by atoms with van der Waals surface area (Å²) in [6.45, 7) is 5.65. The third-order valence-corrected chi connectivity index (χ3v) is 7.53. The van der Waals surface area contributed by atoms with E-state index in [1.807, 2.05) is 30.3 Å². The van der Waals surface area contributed by atoms with Crippen molar-refractivity contribution in [1.82, 2.24) is 9.80 Å². The molecular weight excluding hydrogens is 452 g/mol. The second-order valence-electron chi connectivity index (χ2n) is 8.75. The Bertz CT molecular complexity index is 1040. The monoisotopic (exact) mass is 482 g/mol. The first-order valence-corrected chi connectivity index (χ1v) is 12.6. The van der Waals surface area contributed by atoms with E-state index >= 15 is 0 Å². The van der Waals surface area contributed by atoms with Crippen molar-refractivity contribution < 1.29 is 9.53 Å². The molecule has 0 unspecified atom stereocenters. The minimum Gasteiger partial charge on any atom is -0.497 e. The highest BCUT2D eigenvalue weighted by atomic mass is 35.5. The molecule has 0 saturated carbocycles. The number of thiophene rings is 1. The fraction of sp³-hybridized carbons (Fsp3) is 0.370. The third kappa shape index (κ3) is 6.59. The van der Waals surface area contributed by atoms with Crippen LogP contribution in [-0.2, 0) is 24.3 Å². The van der Waals surface area contributed by atoms with Crippen LogP contribution >= 0.6 is 22.9 Å². The summed E-state index contributed by atoms with van der Waals surface area (Å²) in [5, 5.41) is 0. The van der Waals surface area contributed by atoms with Gasteiger partial charge in [-0.2, -0.15) is 0 Å². The summed E-state index contributed by atoms with van der Waals surface area (Å²) in [6, 6.07) is 20.6. The number of carbonyl (C=O) groups is 1. The molecule has 2 aromatic carbocycles. The molecule has 0 radical (unpaired) electrons. The van der Waals surface area contributed by atoms with Gasteiger partial charge >= 0.3 is 0 Å². The Labute approximate surface area is 205 Å². The number of hydrogen-bond donors (Lipinski definition) is 0. The van der Waals surface area contributed by atoms with Gasteiger partial charge in [0.15, 0.2) is 0 Å². The van der Waals surface area contributed by atoms with E-state index in [0.717, 1.165) is 48.1 Å². The largest absolute Gasteiger partial charge is 0.497 e. The molecule has 0 N–H and O–H groups in total. The maximum atomic E-state index is 13.5. The zero-order valence-corrected chi connectivity index (χ0v) is 20.9. The number of methoxy groups -OCH3 is 1. The number of halogens is 1. The van der Waals surface area contributed by atoms with E-state index in [-0.39, 0.29) is 11.9 Å². The number of aryl methyl sites for hydroxylation is 1. The number of likely N-dealkylation sites (tertiary alicyclic amines) is 1. The molecule has 1 amide bonds. The second-order valence-corrected chi connectivity index (χ2v) is 10.5. The molecule has 0 spiro atoms. The van der Waals surface area contributed by atoms with Gasteiger partial charge in [0, 0.05) is 37.1 Å². The molecule has 1 aliphatic heterocycles. The van der Waals surface area contributed by atoms with E-state index in [9.17, 15) is 4.79 Å². The lowest BCUT2D eigenvalue weighted by molar-refractivity contribution is -0.134. The van der Waals surface area contributed by atoms with Gasteiger partial charge in [0.05, 0.1) is 17.9 Å². The first-order valence-electron chi connectivity index (χ1n) is 11.4. The molecule has 174 valence electrons. The Balaban J connectivity index is 1.43. The van der Waals surface area contributed by atoms with Crippen LogP contribution in [0.25, 0.3) is 0 Å². The summed E-state index contributed by atoms with van der Waals surface area (Å²) < 4.78 is 6.09. The van der Waals surface area contributed by atoms with Crippen LogP contribution in [0.5, 0.6) is 5.75 Å². The molecule has 1 aliphatic rings. The lowest BCUT2D eigenvalue weighted by atomic mass is 10.0. The Hall–Kier alpha value is -2.34. The molecule has 4 rings (SSSR count). The first-order chi connectivity index (χ1) is 16.0. The fourth-order valence-corrected chi connectivity index (χ4v) is 5.51. The Kier molecular flexibility index (Phi) is 8.07. The van der Waals surface area contributed by atoms with Crippen molar-refractivity contribution in [2.45, 2.75) is 45.3 Å². The van der Waals surface area contributed by atoms with Gasteiger partial charge < -0.3 is 9.64 Å². The van der Waals surface area contributed by atoms with Gasteiger partial charge in [-0.3, -0.25) is 9.69 Å². The highest BCUT2D eigenvalue weighted by Crippen LogP contribution is 2.26. The number of carbonyl (C=O) groups excluding carboxylic acids is 1. The van der Waals surface area contributed by atoms with Crippen molar-refractivity contribution in [3.63, 3.8) is 0 Å². The van der Waals surface area contributed by atoms with Crippen molar-refractivity contribution in [2.24, 2.45) is 0 Å². The molecule has 0 atom stereocenters. The predicted molar refractivity (Wildman–Crippen MR) is 136 cm³/mol. The van der Waals surface area contributed by atoms with Crippen LogP contribution in [0.2, 0.25) is 4.34 Å². The van der Waals surface area contributed by atoms with E-state index in [0.29, 0.717) is 13.0 Å². The summed E-state index contributed by atoms with van der Waals surface area (Å²) in [7, 11) is 1.66. The van der Waals surface area contributed by atoms with Gasteiger partial charge in [0.25, 0.3) is 0 Å². The van der Waals surface area contributed by atoms with Crippen LogP contribution in [-0.4, -0.2) is 41.9 Å². The van der Waals surface area contributed by atoms with Crippen molar-refractivity contribution in [1.29, 1.82) is 0 Å². The number of piperidine rings is 1. The summed E-state index contributed by atoms with van der Waals surface area (Å²) in [5.74, 6) is 0.992. The number of amides is 1. The Morgan fingerprint density at radius 3 is 2.30 bits per heavy atom. The molecule has 6 heteroatoms. The quantitative estimate of drug-likeness (QED) is 0.397. The topological polar surface area (TPSA) is 32.8 Å².